The Balaban J connectivity index is 1.17. The van der Waals surface area contributed by atoms with E-state index in [1.54, 1.807) is 0 Å². The fraction of sp³-hybridized carbons (Fsp3) is 0.714. The summed E-state index contributed by atoms with van der Waals surface area (Å²) in [5.74, 6) is 4.51. The molecule has 0 atom stereocenters. The molecule has 0 spiro atoms. The van der Waals surface area contributed by atoms with E-state index in [4.69, 9.17) is 9.97 Å². The van der Waals surface area contributed by atoms with Crippen LogP contribution in [0.3, 0.4) is 0 Å². The third-order valence-electron chi connectivity index (χ3n) is 9.68. The van der Waals surface area contributed by atoms with Gasteiger partial charge in [0.2, 0.25) is 0 Å². The molecule has 1 aromatic carbocycles. The second kappa shape index (κ2) is 15.6. The second-order valence-corrected chi connectivity index (χ2v) is 12.5. The Morgan fingerprint density at radius 1 is 0.595 bits per heavy atom. The Hall–Kier alpha value is -1.70. The fourth-order valence-electron chi connectivity index (χ4n) is 7.04. The molecule has 1 heterocycles. The number of aromatic nitrogens is 2. The van der Waals surface area contributed by atoms with Crippen molar-refractivity contribution in [3.8, 4) is 11.4 Å². The maximum Gasteiger partial charge on any atom is 0.159 e. The molecule has 0 radical (unpaired) electrons. The van der Waals surface area contributed by atoms with Crippen molar-refractivity contribution in [2.75, 3.05) is 0 Å². The molecule has 2 nitrogen and oxygen atoms in total. The van der Waals surface area contributed by atoms with Gasteiger partial charge in [-0.25, -0.2) is 9.97 Å². The van der Waals surface area contributed by atoms with E-state index in [-0.39, 0.29) is 0 Å². The summed E-state index contributed by atoms with van der Waals surface area (Å²) in [7, 11) is 0. The Labute approximate surface area is 228 Å². The highest BCUT2D eigenvalue weighted by molar-refractivity contribution is 5.55. The minimum Gasteiger partial charge on any atom is -0.236 e. The van der Waals surface area contributed by atoms with Crippen LogP contribution in [-0.4, -0.2) is 9.97 Å². The predicted molar refractivity (Wildman–Crippen MR) is 159 cm³/mol. The zero-order valence-corrected chi connectivity index (χ0v) is 24.1. The summed E-state index contributed by atoms with van der Waals surface area (Å²) in [6.45, 7) is 4.62. The van der Waals surface area contributed by atoms with Crippen molar-refractivity contribution in [3.05, 3.63) is 47.8 Å². The van der Waals surface area contributed by atoms with Gasteiger partial charge >= 0.3 is 0 Å². The summed E-state index contributed by atoms with van der Waals surface area (Å²) in [4.78, 5) is 9.50. The molecule has 2 aliphatic rings. The number of hydrogen-bond donors (Lipinski definition) is 0. The molecule has 2 heteroatoms. The highest BCUT2D eigenvalue weighted by Gasteiger charge is 2.23. The van der Waals surface area contributed by atoms with Crippen LogP contribution in [0.1, 0.15) is 146 Å². The third kappa shape index (κ3) is 9.22. The van der Waals surface area contributed by atoms with Crippen LogP contribution < -0.4 is 0 Å². The lowest BCUT2D eigenvalue weighted by Crippen LogP contribution is -2.15. The van der Waals surface area contributed by atoms with Gasteiger partial charge in [0.25, 0.3) is 0 Å². The lowest BCUT2D eigenvalue weighted by molar-refractivity contribution is 0.249. The van der Waals surface area contributed by atoms with Crippen LogP contribution in [0.5, 0.6) is 0 Å². The molecule has 0 amide bonds. The van der Waals surface area contributed by atoms with Crippen molar-refractivity contribution in [3.63, 3.8) is 0 Å². The SMILES string of the molecule is CCCCCCC1CCC(c2ccc(-c3ncc(CCC4CCC(CCCCC)CC4)cn3)cc2)CC1. The standard InChI is InChI=1S/C35H54N2/c1-3-5-7-9-11-29-18-20-32(21-19-29)33-22-24-34(25-23-33)35-36-26-31(27-37-35)17-16-30-14-12-28(13-15-30)10-8-6-4-2/h22-30,32H,3-21H2,1-2H3. The summed E-state index contributed by atoms with van der Waals surface area (Å²) < 4.78 is 0. The number of nitrogens with zero attached hydrogens (tertiary/aromatic N) is 2. The molecule has 4 rings (SSSR count). The van der Waals surface area contributed by atoms with E-state index in [1.165, 1.54) is 127 Å². The van der Waals surface area contributed by atoms with E-state index >= 15 is 0 Å². The van der Waals surface area contributed by atoms with Crippen molar-refractivity contribution >= 4 is 0 Å². The molecule has 2 saturated carbocycles. The second-order valence-electron chi connectivity index (χ2n) is 12.5. The molecular formula is C35H54N2. The molecule has 0 aliphatic heterocycles. The number of aryl methyl sites for hydroxylation is 1. The van der Waals surface area contributed by atoms with E-state index in [1.807, 2.05) is 0 Å². The molecule has 204 valence electrons. The van der Waals surface area contributed by atoms with Crippen molar-refractivity contribution in [1.82, 2.24) is 9.97 Å². The van der Waals surface area contributed by atoms with Crippen molar-refractivity contribution in [2.45, 2.75) is 142 Å². The highest BCUT2D eigenvalue weighted by atomic mass is 14.9. The van der Waals surface area contributed by atoms with Gasteiger partial charge in [0.1, 0.15) is 0 Å². The molecule has 0 unspecified atom stereocenters. The Morgan fingerprint density at radius 2 is 1.11 bits per heavy atom. The normalized spacial score (nSPS) is 24.3. The van der Waals surface area contributed by atoms with E-state index in [2.05, 4.69) is 50.5 Å². The minimum atomic E-state index is 0.746. The maximum atomic E-state index is 4.75. The van der Waals surface area contributed by atoms with Crippen LogP contribution in [0.15, 0.2) is 36.7 Å². The first-order chi connectivity index (χ1) is 18.2. The van der Waals surface area contributed by atoms with E-state index < -0.39 is 0 Å². The van der Waals surface area contributed by atoms with Gasteiger partial charge in [-0.15, -0.1) is 0 Å². The van der Waals surface area contributed by atoms with Crippen LogP contribution in [0.4, 0.5) is 0 Å². The van der Waals surface area contributed by atoms with Crippen molar-refractivity contribution in [1.29, 1.82) is 0 Å². The monoisotopic (exact) mass is 502 g/mol. The van der Waals surface area contributed by atoms with Crippen LogP contribution >= 0.6 is 0 Å². The van der Waals surface area contributed by atoms with Crippen LogP contribution in [0.2, 0.25) is 0 Å². The first-order valence-corrected chi connectivity index (χ1v) is 16.2. The number of unbranched alkanes of at least 4 members (excludes halogenated alkanes) is 5. The van der Waals surface area contributed by atoms with Crippen LogP contribution in [-0.2, 0) is 6.42 Å². The lowest BCUT2D eigenvalue weighted by atomic mass is 9.77. The summed E-state index contributed by atoms with van der Waals surface area (Å²) in [5, 5.41) is 0. The molecular weight excluding hydrogens is 448 g/mol. The molecule has 2 aliphatic carbocycles. The number of benzene rings is 1. The first kappa shape index (κ1) is 28.3. The summed E-state index contributed by atoms with van der Waals surface area (Å²) in [6.07, 6.45) is 30.7. The first-order valence-electron chi connectivity index (χ1n) is 16.2. The van der Waals surface area contributed by atoms with Gasteiger partial charge in [-0.05, 0) is 73.3 Å². The van der Waals surface area contributed by atoms with Gasteiger partial charge in [-0.1, -0.05) is 122 Å². The van der Waals surface area contributed by atoms with Gasteiger partial charge in [-0.3, -0.25) is 0 Å². The summed E-state index contributed by atoms with van der Waals surface area (Å²) in [5.41, 5.74) is 3.98. The zero-order chi connectivity index (χ0) is 25.7. The predicted octanol–water partition coefficient (Wildman–Crippen LogP) is 10.7. The fourth-order valence-corrected chi connectivity index (χ4v) is 7.04. The lowest BCUT2D eigenvalue weighted by Gasteiger charge is -2.29. The molecule has 37 heavy (non-hydrogen) atoms. The van der Waals surface area contributed by atoms with Gasteiger partial charge in [0, 0.05) is 18.0 Å². The average Bonchev–Trinajstić information content (AvgIpc) is 2.96. The Bertz CT molecular complexity index is 855. The smallest absolute Gasteiger partial charge is 0.159 e. The van der Waals surface area contributed by atoms with Gasteiger partial charge < -0.3 is 0 Å². The zero-order valence-electron chi connectivity index (χ0n) is 24.1. The van der Waals surface area contributed by atoms with E-state index in [0.717, 1.165) is 41.5 Å². The number of rotatable bonds is 14. The maximum absolute atomic E-state index is 4.75. The summed E-state index contributed by atoms with van der Waals surface area (Å²) >= 11 is 0. The average molecular weight is 503 g/mol. The summed E-state index contributed by atoms with van der Waals surface area (Å²) in [6, 6.07) is 9.19. The van der Waals surface area contributed by atoms with Gasteiger partial charge in [-0.2, -0.15) is 0 Å². The molecule has 1 aromatic heterocycles. The van der Waals surface area contributed by atoms with Gasteiger partial charge in [0.15, 0.2) is 5.82 Å². The Kier molecular flexibility index (Phi) is 12.0. The van der Waals surface area contributed by atoms with E-state index in [9.17, 15) is 0 Å². The molecule has 2 aromatic rings. The quantitative estimate of drug-likeness (QED) is 0.240. The van der Waals surface area contributed by atoms with Crippen LogP contribution in [0.25, 0.3) is 11.4 Å². The van der Waals surface area contributed by atoms with Gasteiger partial charge in [0.05, 0.1) is 0 Å². The number of hydrogen-bond acceptors (Lipinski definition) is 2. The molecule has 2 fully saturated rings. The Morgan fingerprint density at radius 3 is 1.70 bits per heavy atom. The minimum absolute atomic E-state index is 0.746. The van der Waals surface area contributed by atoms with Crippen molar-refractivity contribution in [2.24, 2.45) is 17.8 Å². The molecule has 0 saturated heterocycles. The van der Waals surface area contributed by atoms with Crippen LogP contribution in [0, 0.1) is 17.8 Å². The van der Waals surface area contributed by atoms with E-state index in [0.29, 0.717) is 0 Å². The largest absolute Gasteiger partial charge is 0.236 e. The third-order valence-corrected chi connectivity index (χ3v) is 9.68. The highest BCUT2D eigenvalue weighted by Crippen LogP contribution is 2.38. The molecule has 0 N–H and O–H groups in total. The van der Waals surface area contributed by atoms with Crippen molar-refractivity contribution < 1.29 is 0 Å². The topological polar surface area (TPSA) is 25.8 Å². The molecule has 0 bridgehead atoms.